The molecule has 4 aromatic rings. The molecule has 2 atom stereocenters. The first-order valence-corrected chi connectivity index (χ1v) is 12.1. The van der Waals surface area contributed by atoms with Gasteiger partial charge < -0.3 is 9.15 Å². The van der Waals surface area contributed by atoms with E-state index in [0.717, 1.165) is 47.7 Å². The van der Waals surface area contributed by atoms with Crippen LogP contribution in [0.2, 0.25) is 0 Å². The summed E-state index contributed by atoms with van der Waals surface area (Å²) >= 11 is 0. The lowest BCUT2D eigenvalue weighted by molar-refractivity contribution is -0.131. The maximum Gasteiger partial charge on any atom is 0.308 e. The molecule has 0 spiro atoms. The molecular formula is C30H29NO3. The van der Waals surface area contributed by atoms with Crippen molar-refractivity contribution in [2.45, 2.75) is 44.9 Å². The van der Waals surface area contributed by atoms with Crippen molar-refractivity contribution < 1.29 is 13.9 Å². The summed E-state index contributed by atoms with van der Waals surface area (Å²) < 4.78 is 11.8. The second-order valence-corrected chi connectivity index (χ2v) is 9.04. The molecule has 4 nitrogen and oxygen atoms in total. The van der Waals surface area contributed by atoms with E-state index in [0.29, 0.717) is 17.6 Å². The molecule has 0 amide bonds. The van der Waals surface area contributed by atoms with E-state index in [1.54, 1.807) is 0 Å². The molecule has 1 saturated carbocycles. The van der Waals surface area contributed by atoms with Crippen LogP contribution in [0.15, 0.2) is 89.3 Å². The summed E-state index contributed by atoms with van der Waals surface area (Å²) in [5, 5.41) is 0. The zero-order valence-electron chi connectivity index (χ0n) is 19.4. The Bertz CT molecular complexity index is 1190. The number of aromatic nitrogens is 1. The number of esters is 1. The monoisotopic (exact) mass is 451 g/mol. The Morgan fingerprint density at radius 2 is 1.62 bits per heavy atom. The number of hydrogen-bond donors (Lipinski definition) is 0. The topological polar surface area (TPSA) is 52.3 Å². The SMILES string of the molecule is CC(=O)Oc1cccc(C2CCCCC2Cc2nc(-c3ccccc3)c(-c3ccccc3)o2)c1. The summed E-state index contributed by atoms with van der Waals surface area (Å²) in [6.45, 7) is 1.44. The summed E-state index contributed by atoms with van der Waals surface area (Å²) in [7, 11) is 0. The van der Waals surface area contributed by atoms with Crippen molar-refractivity contribution in [2.24, 2.45) is 5.92 Å². The molecule has 1 heterocycles. The van der Waals surface area contributed by atoms with Gasteiger partial charge in [-0.1, -0.05) is 85.6 Å². The van der Waals surface area contributed by atoms with Gasteiger partial charge in [0.1, 0.15) is 11.4 Å². The largest absolute Gasteiger partial charge is 0.440 e. The number of carbonyl (C=O) groups is 1. The van der Waals surface area contributed by atoms with E-state index in [-0.39, 0.29) is 5.97 Å². The molecule has 34 heavy (non-hydrogen) atoms. The molecule has 1 aromatic heterocycles. The van der Waals surface area contributed by atoms with Crippen molar-refractivity contribution in [2.75, 3.05) is 0 Å². The van der Waals surface area contributed by atoms with E-state index in [9.17, 15) is 4.79 Å². The standard InChI is InChI=1S/C30H29NO3/c1-21(32)33-26-17-10-16-24(19-26)27-18-9-8-15-25(27)20-28-31-29(22-11-4-2-5-12-22)30(34-28)23-13-6-3-7-14-23/h2-7,10-14,16-17,19,25,27H,8-9,15,18,20H2,1H3. The minimum absolute atomic E-state index is 0.293. The third-order valence-electron chi connectivity index (χ3n) is 6.65. The maximum absolute atomic E-state index is 11.4. The summed E-state index contributed by atoms with van der Waals surface area (Å²) in [6.07, 6.45) is 5.45. The molecule has 0 aliphatic heterocycles. The van der Waals surface area contributed by atoms with Gasteiger partial charge in [0.25, 0.3) is 0 Å². The van der Waals surface area contributed by atoms with Gasteiger partial charge >= 0.3 is 5.97 Å². The van der Waals surface area contributed by atoms with Gasteiger partial charge in [0.2, 0.25) is 0 Å². The fraction of sp³-hybridized carbons (Fsp3) is 0.267. The highest BCUT2D eigenvalue weighted by molar-refractivity contribution is 5.76. The van der Waals surface area contributed by atoms with Gasteiger partial charge in [-0.3, -0.25) is 4.79 Å². The Kier molecular flexibility index (Phi) is 6.57. The minimum atomic E-state index is -0.293. The Hall–Kier alpha value is -3.66. The first-order chi connectivity index (χ1) is 16.7. The Morgan fingerprint density at radius 1 is 0.912 bits per heavy atom. The maximum atomic E-state index is 11.4. The van der Waals surface area contributed by atoms with Crippen molar-refractivity contribution >= 4 is 5.97 Å². The Labute approximate surface area is 200 Å². The zero-order chi connectivity index (χ0) is 23.3. The predicted molar refractivity (Wildman–Crippen MR) is 134 cm³/mol. The predicted octanol–water partition coefficient (Wildman–Crippen LogP) is 7.45. The lowest BCUT2D eigenvalue weighted by Gasteiger charge is -2.31. The number of hydrogen-bond acceptors (Lipinski definition) is 4. The van der Waals surface area contributed by atoms with Crippen LogP contribution in [-0.2, 0) is 11.2 Å². The van der Waals surface area contributed by atoms with Crippen LogP contribution < -0.4 is 4.74 Å². The number of ether oxygens (including phenoxy) is 1. The lowest BCUT2D eigenvalue weighted by atomic mass is 9.74. The quantitative estimate of drug-likeness (QED) is 0.226. The molecule has 3 aromatic carbocycles. The molecule has 2 unspecified atom stereocenters. The van der Waals surface area contributed by atoms with Gasteiger partial charge in [-0.15, -0.1) is 0 Å². The van der Waals surface area contributed by atoms with Gasteiger partial charge in [-0.05, 0) is 42.4 Å². The number of nitrogens with zero attached hydrogens (tertiary/aromatic N) is 1. The molecular weight excluding hydrogens is 422 g/mol. The Balaban J connectivity index is 1.46. The molecule has 1 aliphatic rings. The van der Waals surface area contributed by atoms with Crippen LogP contribution in [0, 0.1) is 5.92 Å². The number of rotatable bonds is 6. The van der Waals surface area contributed by atoms with Crippen molar-refractivity contribution in [3.05, 3.63) is 96.4 Å². The van der Waals surface area contributed by atoms with Crippen LogP contribution in [0.4, 0.5) is 0 Å². The van der Waals surface area contributed by atoms with Crippen LogP contribution >= 0.6 is 0 Å². The van der Waals surface area contributed by atoms with E-state index < -0.39 is 0 Å². The van der Waals surface area contributed by atoms with Crippen molar-refractivity contribution in [3.8, 4) is 28.3 Å². The van der Waals surface area contributed by atoms with E-state index >= 15 is 0 Å². The third kappa shape index (κ3) is 4.96. The molecule has 0 radical (unpaired) electrons. The average molecular weight is 452 g/mol. The average Bonchev–Trinajstić information content (AvgIpc) is 3.29. The van der Waals surface area contributed by atoms with Crippen LogP contribution in [0.3, 0.4) is 0 Å². The highest BCUT2D eigenvalue weighted by atomic mass is 16.5. The number of oxazole rings is 1. The molecule has 0 bridgehead atoms. The molecule has 1 aliphatic carbocycles. The fourth-order valence-corrected chi connectivity index (χ4v) is 5.12. The molecule has 5 rings (SSSR count). The normalized spacial score (nSPS) is 17.9. The van der Waals surface area contributed by atoms with Crippen molar-refractivity contribution in [1.29, 1.82) is 0 Å². The lowest BCUT2D eigenvalue weighted by Crippen LogP contribution is -2.20. The first-order valence-electron chi connectivity index (χ1n) is 12.1. The van der Waals surface area contributed by atoms with E-state index in [4.69, 9.17) is 14.1 Å². The summed E-state index contributed by atoms with van der Waals surface area (Å²) in [5.74, 6) is 2.74. The van der Waals surface area contributed by atoms with E-state index in [2.05, 4.69) is 30.3 Å². The summed E-state index contributed by atoms with van der Waals surface area (Å²) in [4.78, 5) is 16.4. The van der Waals surface area contributed by atoms with Crippen molar-refractivity contribution in [3.63, 3.8) is 0 Å². The van der Waals surface area contributed by atoms with Gasteiger partial charge in [-0.25, -0.2) is 4.98 Å². The highest BCUT2D eigenvalue weighted by Crippen LogP contribution is 2.41. The van der Waals surface area contributed by atoms with E-state index in [1.165, 1.54) is 25.3 Å². The van der Waals surface area contributed by atoms with Crippen LogP contribution in [0.5, 0.6) is 5.75 Å². The van der Waals surface area contributed by atoms with Gasteiger partial charge in [-0.2, -0.15) is 0 Å². The third-order valence-corrected chi connectivity index (χ3v) is 6.65. The minimum Gasteiger partial charge on any atom is -0.440 e. The van der Waals surface area contributed by atoms with Gasteiger partial charge in [0.05, 0.1) is 0 Å². The number of benzene rings is 3. The Morgan fingerprint density at radius 3 is 2.35 bits per heavy atom. The van der Waals surface area contributed by atoms with Gasteiger partial charge in [0, 0.05) is 24.5 Å². The molecule has 0 saturated heterocycles. The second-order valence-electron chi connectivity index (χ2n) is 9.04. The summed E-state index contributed by atoms with van der Waals surface area (Å²) in [5.41, 5.74) is 4.22. The fourth-order valence-electron chi connectivity index (χ4n) is 5.12. The molecule has 1 fully saturated rings. The second kappa shape index (κ2) is 10.1. The van der Waals surface area contributed by atoms with E-state index in [1.807, 2.05) is 54.6 Å². The highest BCUT2D eigenvalue weighted by Gasteiger charge is 2.29. The van der Waals surface area contributed by atoms with Crippen LogP contribution in [0.25, 0.3) is 22.6 Å². The van der Waals surface area contributed by atoms with Crippen LogP contribution in [0.1, 0.15) is 50.0 Å². The zero-order valence-corrected chi connectivity index (χ0v) is 19.4. The van der Waals surface area contributed by atoms with Crippen molar-refractivity contribution in [1.82, 2.24) is 4.98 Å². The smallest absolute Gasteiger partial charge is 0.308 e. The van der Waals surface area contributed by atoms with Crippen LogP contribution in [-0.4, -0.2) is 11.0 Å². The number of carbonyl (C=O) groups excluding carboxylic acids is 1. The first kappa shape index (κ1) is 22.1. The molecule has 172 valence electrons. The molecule has 0 N–H and O–H groups in total. The van der Waals surface area contributed by atoms with Gasteiger partial charge in [0.15, 0.2) is 11.7 Å². The summed E-state index contributed by atoms with van der Waals surface area (Å²) in [6, 6.07) is 28.4. The molecule has 4 heteroatoms.